The van der Waals surface area contributed by atoms with Gasteiger partial charge >= 0.3 is 0 Å². The third-order valence-electron chi connectivity index (χ3n) is 2.20. The van der Waals surface area contributed by atoms with Crippen LogP contribution in [0.15, 0.2) is 24.4 Å². The Morgan fingerprint density at radius 2 is 2.19 bits per heavy atom. The molecule has 6 heteroatoms. The summed E-state index contributed by atoms with van der Waals surface area (Å²) in [5.74, 6) is -1.09. The predicted octanol–water partition coefficient (Wildman–Crippen LogP) is 1.36. The first kappa shape index (κ1) is 10.7. The molecule has 0 fully saturated rings. The number of nitrogens with one attached hydrogen (secondary N) is 1. The van der Waals surface area contributed by atoms with E-state index in [2.05, 4.69) is 15.4 Å². The molecule has 0 spiro atoms. The minimum absolute atomic E-state index is 0.0455. The van der Waals surface area contributed by atoms with Crippen molar-refractivity contribution < 1.29 is 13.9 Å². The number of aliphatic hydroxyl groups is 1. The molecule has 1 aromatic heterocycles. The van der Waals surface area contributed by atoms with Crippen molar-refractivity contribution in [2.75, 3.05) is 0 Å². The van der Waals surface area contributed by atoms with E-state index in [1.54, 1.807) is 0 Å². The van der Waals surface area contributed by atoms with Crippen LogP contribution < -0.4 is 0 Å². The van der Waals surface area contributed by atoms with Crippen molar-refractivity contribution in [2.24, 2.45) is 0 Å². The van der Waals surface area contributed by atoms with E-state index in [-0.39, 0.29) is 12.0 Å². The number of benzene rings is 1. The summed E-state index contributed by atoms with van der Waals surface area (Å²) in [6.07, 6.45) is 0.285. The quantitative estimate of drug-likeness (QED) is 0.829. The lowest BCUT2D eigenvalue weighted by Gasteiger charge is -2.08. The van der Waals surface area contributed by atoms with Gasteiger partial charge in [0.25, 0.3) is 0 Å². The van der Waals surface area contributed by atoms with Gasteiger partial charge in [-0.3, -0.25) is 0 Å². The number of hydrogen-bond acceptors (Lipinski definition) is 3. The normalized spacial score (nSPS) is 12.7. The SMILES string of the molecule is OC(Cc1cc(F)ccc1F)c1cn[nH]n1. The highest BCUT2D eigenvalue weighted by Gasteiger charge is 2.14. The Kier molecular flexibility index (Phi) is 2.91. The van der Waals surface area contributed by atoms with Crippen LogP contribution in [0.4, 0.5) is 8.78 Å². The summed E-state index contributed by atoms with van der Waals surface area (Å²) in [5, 5.41) is 19.2. The first-order chi connectivity index (χ1) is 7.66. The van der Waals surface area contributed by atoms with Crippen LogP contribution >= 0.6 is 0 Å². The van der Waals surface area contributed by atoms with Gasteiger partial charge in [0.1, 0.15) is 23.4 Å². The number of halogens is 2. The van der Waals surface area contributed by atoms with Crippen LogP contribution in [0.3, 0.4) is 0 Å². The summed E-state index contributed by atoms with van der Waals surface area (Å²) in [6.45, 7) is 0. The standard InChI is InChI=1S/C10H9F2N3O/c11-7-1-2-8(12)6(3-7)4-10(16)9-5-13-15-14-9/h1-3,5,10,16H,4H2,(H,13,14,15). The summed E-state index contributed by atoms with van der Waals surface area (Å²) in [7, 11) is 0. The molecular weight excluding hydrogens is 216 g/mol. The lowest BCUT2D eigenvalue weighted by molar-refractivity contribution is 0.172. The lowest BCUT2D eigenvalue weighted by Crippen LogP contribution is -2.04. The van der Waals surface area contributed by atoms with Crippen LogP contribution in [0, 0.1) is 11.6 Å². The maximum absolute atomic E-state index is 13.2. The van der Waals surface area contributed by atoms with Gasteiger partial charge < -0.3 is 5.11 Å². The molecule has 0 amide bonds. The number of rotatable bonds is 3. The molecule has 1 unspecified atom stereocenters. The van der Waals surface area contributed by atoms with E-state index in [9.17, 15) is 13.9 Å². The molecule has 0 aliphatic rings. The van der Waals surface area contributed by atoms with Gasteiger partial charge in [-0.25, -0.2) is 8.78 Å². The minimum atomic E-state index is -1.00. The van der Waals surface area contributed by atoms with Crippen molar-refractivity contribution >= 4 is 0 Å². The van der Waals surface area contributed by atoms with Gasteiger partial charge in [-0.1, -0.05) is 0 Å². The second-order valence-corrected chi connectivity index (χ2v) is 3.35. The molecule has 0 saturated heterocycles. The number of aliphatic hydroxyl groups excluding tert-OH is 1. The first-order valence-corrected chi connectivity index (χ1v) is 4.64. The van der Waals surface area contributed by atoms with Crippen molar-refractivity contribution in [1.29, 1.82) is 0 Å². The van der Waals surface area contributed by atoms with E-state index in [1.165, 1.54) is 6.20 Å². The second kappa shape index (κ2) is 4.36. The van der Waals surface area contributed by atoms with Crippen LogP contribution in [-0.4, -0.2) is 20.5 Å². The number of nitrogens with zero attached hydrogens (tertiary/aromatic N) is 2. The van der Waals surface area contributed by atoms with E-state index in [0.29, 0.717) is 5.69 Å². The fourth-order valence-electron chi connectivity index (χ4n) is 1.38. The molecule has 0 aliphatic carbocycles. The summed E-state index contributed by atoms with van der Waals surface area (Å²) >= 11 is 0. The molecule has 2 N–H and O–H groups in total. The molecular formula is C10H9F2N3O. The number of H-pyrrole nitrogens is 1. The Balaban J connectivity index is 2.17. The molecule has 0 aliphatic heterocycles. The van der Waals surface area contributed by atoms with Crippen molar-refractivity contribution in [3.63, 3.8) is 0 Å². The van der Waals surface area contributed by atoms with Crippen LogP contribution in [0.25, 0.3) is 0 Å². The second-order valence-electron chi connectivity index (χ2n) is 3.35. The average molecular weight is 225 g/mol. The Morgan fingerprint density at radius 1 is 1.38 bits per heavy atom. The number of aromatic nitrogens is 3. The first-order valence-electron chi connectivity index (χ1n) is 4.64. The molecule has 1 atom stereocenters. The average Bonchev–Trinajstić information content (AvgIpc) is 2.76. The van der Waals surface area contributed by atoms with E-state index in [1.807, 2.05) is 0 Å². The molecule has 16 heavy (non-hydrogen) atoms. The Morgan fingerprint density at radius 3 is 2.88 bits per heavy atom. The summed E-state index contributed by atoms with van der Waals surface area (Å²) in [4.78, 5) is 0. The molecule has 1 heterocycles. The van der Waals surface area contributed by atoms with Gasteiger partial charge in [0.15, 0.2) is 0 Å². The highest BCUT2D eigenvalue weighted by atomic mass is 19.1. The molecule has 0 radical (unpaired) electrons. The summed E-state index contributed by atoms with van der Waals surface area (Å²) in [6, 6.07) is 3.11. The molecule has 2 rings (SSSR count). The largest absolute Gasteiger partial charge is 0.386 e. The van der Waals surface area contributed by atoms with Gasteiger partial charge in [-0.05, 0) is 23.8 Å². The van der Waals surface area contributed by atoms with Crippen LogP contribution in [0.2, 0.25) is 0 Å². The maximum atomic E-state index is 13.2. The van der Waals surface area contributed by atoms with Gasteiger partial charge in [-0.15, -0.1) is 0 Å². The van der Waals surface area contributed by atoms with Gasteiger partial charge in [0, 0.05) is 6.42 Å². The predicted molar refractivity (Wildman–Crippen MR) is 51.4 cm³/mol. The summed E-state index contributed by atoms with van der Waals surface area (Å²) in [5.41, 5.74) is 0.402. The van der Waals surface area contributed by atoms with E-state index in [4.69, 9.17) is 0 Å². The molecule has 0 saturated carbocycles. The molecule has 4 nitrogen and oxygen atoms in total. The van der Waals surface area contributed by atoms with Gasteiger partial charge in [0.05, 0.1) is 6.20 Å². The third-order valence-corrected chi connectivity index (χ3v) is 2.20. The zero-order valence-corrected chi connectivity index (χ0v) is 8.19. The fourth-order valence-corrected chi connectivity index (χ4v) is 1.38. The lowest BCUT2D eigenvalue weighted by atomic mass is 10.1. The Bertz CT molecular complexity index is 473. The molecule has 84 valence electrons. The van der Waals surface area contributed by atoms with Gasteiger partial charge in [0.2, 0.25) is 0 Å². The zero-order valence-electron chi connectivity index (χ0n) is 8.19. The van der Waals surface area contributed by atoms with Crippen LogP contribution in [0.5, 0.6) is 0 Å². The van der Waals surface area contributed by atoms with Crippen LogP contribution in [0.1, 0.15) is 17.4 Å². The smallest absolute Gasteiger partial charge is 0.126 e. The number of aromatic amines is 1. The third kappa shape index (κ3) is 2.22. The molecule has 0 bridgehead atoms. The topological polar surface area (TPSA) is 61.8 Å². The Hall–Kier alpha value is -1.82. The molecule has 1 aromatic carbocycles. The highest BCUT2D eigenvalue weighted by molar-refractivity contribution is 5.20. The van der Waals surface area contributed by atoms with Gasteiger partial charge in [-0.2, -0.15) is 15.4 Å². The zero-order chi connectivity index (χ0) is 11.5. The van der Waals surface area contributed by atoms with E-state index >= 15 is 0 Å². The number of hydrogen-bond donors (Lipinski definition) is 2. The van der Waals surface area contributed by atoms with Crippen molar-refractivity contribution in [1.82, 2.24) is 15.4 Å². The van der Waals surface area contributed by atoms with Crippen LogP contribution in [-0.2, 0) is 6.42 Å². The van der Waals surface area contributed by atoms with Crippen molar-refractivity contribution in [3.05, 3.63) is 47.3 Å². The highest BCUT2D eigenvalue weighted by Crippen LogP contribution is 2.18. The van der Waals surface area contributed by atoms with E-state index < -0.39 is 17.7 Å². The van der Waals surface area contributed by atoms with Crippen molar-refractivity contribution in [2.45, 2.75) is 12.5 Å². The Labute approximate surface area is 89.9 Å². The van der Waals surface area contributed by atoms with E-state index in [0.717, 1.165) is 18.2 Å². The molecule has 2 aromatic rings. The summed E-state index contributed by atoms with van der Waals surface area (Å²) < 4.78 is 26.1. The minimum Gasteiger partial charge on any atom is -0.386 e. The maximum Gasteiger partial charge on any atom is 0.126 e. The van der Waals surface area contributed by atoms with Crippen molar-refractivity contribution in [3.8, 4) is 0 Å². The fraction of sp³-hybridized carbons (Fsp3) is 0.200. The monoisotopic (exact) mass is 225 g/mol.